The molecule has 0 spiro atoms. The van der Waals surface area contributed by atoms with Gasteiger partial charge in [0.05, 0.1) is 11.1 Å². The number of halogens is 2. The minimum absolute atomic E-state index is 0.0434. The van der Waals surface area contributed by atoms with Crippen LogP contribution in [-0.4, -0.2) is 21.2 Å². The predicted molar refractivity (Wildman–Crippen MR) is 138 cm³/mol. The highest BCUT2D eigenvalue weighted by Gasteiger charge is 2.31. The van der Waals surface area contributed by atoms with E-state index in [1.165, 1.54) is 17.0 Å². The average molecular weight is 521 g/mol. The summed E-state index contributed by atoms with van der Waals surface area (Å²) in [5.41, 5.74) is 0.253. The Hall–Kier alpha value is -4.01. The van der Waals surface area contributed by atoms with E-state index in [1.54, 1.807) is 39.0 Å². The Balaban J connectivity index is 1.54. The van der Waals surface area contributed by atoms with E-state index in [2.05, 4.69) is 0 Å². The van der Waals surface area contributed by atoms with Gasteiger partial charge in [-0.1, -0.05) is 12.5 Å². The molecule has 7 nitrogen and oxygen atoms in total. The van der Waals surface area contributed by atoms with Crippen molar-refractivity contribution in [2.24, 2.45) is 0 Å². The number of amides is 1. The highest BCUT2D eigenvalue weighted by molar-refractivity contribution is 5.90. The summed E-state index contributed by atoms with van der Waals surface area (Å²) in [4.78, 5) is 41.6. The molecule has 3 heterocycles. The number of carbonyl (C=O) groups excluding carboxylic acids is 1. The molecule has 1 fully saturated rings. The third-order valence-electron chi connectivity index (χ3n) is 7.26. The molecule has 0 atom stereocenters. The van der Waals surface area contributed by atoms with Crippen LogP contribution in [-0.2, 0) is 17.8 Å². The van der Waals surface area contributed by atoms with Gasteiger partial charge in [-0.2, -0.15) is 0 Å². The number of ether oxygens (including phenoxy) is 1. The van der Waals surface area contributed by atoms with E-state index in [9.17, 15) is 23.2 Å². The van der Waals surface area contributed by atoms with Crippen molar-refractivity contribution in [1.82, 2.24) is 9.47 Å². The van der Waals surface area contributed by atoms with Crippen LogP contribution in [0.3, 0.4) is 0 Å². The molecule has 0 unspecified atom stereocenters. The fourth-order valence-corrected chi connectivity index (χ4v) is 5.21. The molecule has 38 heavy (non-hydrogen) atoms. The molecule has 6 rings (SSSR count). The van der Waals surface area contributed by atoms with E-state index in [-0.39, 0.29) is 34.5 Å². The van der Waals surface area contributed by atoms with Crippen molar-refractivity contribution in [2.75, 3.05) is 0 Å². The zero-order chi connectivity index (χ0) is 26.9. The summed E-state index contributed by atoms with van der Waals surface area (Å²) in [6, 6.07) is 8.60. The van der Waals surface area contributed by atoms with E-state index in [1.807, 2.05) is 0 Å². The number of hydrogen-bond acceptors (Lipinski definition) is 5. The molecule has 1 saturated carbocycles. The molecular formula is C29H26F2N2O5. The SMILES string of the molecule is CC(C)(C)OC(=O)N1Cc2cc3oc4cc(C5CCC5)n(-c5cccc(F)c5F)c(=O)c4c(=O)c3cc2C1. The van der Waals surface area contributed by atoms with Crippen LogP contribution in [0.5, 0.6) is 0 Å². The van der Waals surface area contributed by atoms with Crippen LogP contribution in [0.25, 0.3) is 27.6 Å². The molecule has 2 aromatic heterocycles. The largest absolute Gasteiger partial charge is 0.456 e. The Morgan fingerprint density at radius 3 is 2.39 bits per heavy atom. The molecule has 1 amide bonds. The summed E-state index contributed by atoms with van der Waals surface area (Å²) in [6.07, 6.45) is 2.05. The topological polar surface area (TPSA) is 81.8 Å². The van der Waals surface area contributed by atoms with E-state index >= 15 is 0 Å². The first-order chi connectivity index (χ1) is 18.0. The van der Waals surface area contributed by atoms with Crippen molar-refractivity contribution in [3.63, 3.8) is 0 Å². The summed E-state index contributed by atoms with van der Waals surface area (Å²) in [6.45, 7) is 5.91. The summed E-state index contributed by atoms with van der Waals surface area (Å²) in [5, 5.41) is -0.0479. The molecule has 0 bridgehead atoms. The smallest absolute Gasteiger partial charge is 0.410 e. The van der Waals surface area contributed by atoms with Crippen LogP contribution in [0.4, 0.5) is 13.6 Å². The predicted octanol–water partition coefficient (Wildman–Crippen LogP) is 5.89. The highest BCUT2D eigenvalue weighted by Crippen LogP contribution is 2.38. The van der Waals surface area contributed by atoms with Gasteiger partial charge in [-0.15, -0.1) is 0 Å². The Morgan fingerprint density at radius 2 is 1.74 bits per heavy atom. The molecule has 0 radical (unpaired) electrons. The fraction of sp³-hybridized carbons (Fsp3) is 0.345. The first kappa shape index (κ1) is 24.3. The number of rotatable bonds is 2. The number of carbonyl (C=O) groups is 1. The second-order valence-electron chi connectivity index (χ2n) is 11.0. The third kappa shape index (κ3) is 3.88. The Bertz CT molecular complexity index is 1760. The van der Waals surface area contributed by atoms with Gasteiger partial charge in [0, 0.05) is 24.8 Å². The van der Waals surface area contributed by atoms with Crippen LogP contribution >= 0.6 is 0 Å². The van der Waals surface area contributed by atoms with Crippen molar-refractivity contribution in [2.45, 2.75) is 64.6 Å². The quantitative estimate of drug-likeness (QED) is 0.308. The number of nitrogens with zero attached hydrogens (tertiary/aromatic N) is 2. The first-order valence-corrected chi connectivity index (χ1v) is 12.6. The van der Waals surface area contributed by atoms with E-state index in [0.717, 1.165) is 41.0 Å². The third-order valence-corrected chi connectivity index (χ3v) is 7.26. The maximum Gasteiger partial charge on any atom is 0.410 e. The van der Waals surface area contributed by atoms with Crippen LogP contribution < -0.4 is 11.0 Å². The van der Waals surface area contributed by atoms with Crippen LogP contribution in [0, 0.1) is 11.6 Å². The minimum Gasteiger partial charge on any atom is -0.456 e. The van der Waals surface area contributed by atoms with Gasteiger partial charge in [-0.25, -0.2) is 13.6 Å². The molecule has 1 aliphatic carbocycles. The van der Waals surface area contributed by atoms with Crippen molar-refractivity contribution in [3.8, 4) is 5.69 Å². The molecule has 2 aromatic carbocycles. The van der Waals surface area contributed by atoms with E-state index in [4.69, 9.17) is 9.15 Å². The molecule has 196 valence electrons. The van der Waals surface area contributed by atoms with Crippen LogP contribution in [0.15, 0.2) is 50.4 Å². The molecule has 4 aromatic rings. The first-order valence-electron chi connectivity index (χ1n) is 12.6. The Morgan fingerprint density at radius 1 is 1.03 bits per heavy atom. The monoisotopic (exact) mass is 520 g/mol. The summed E-state index contributed by atoms with van der Waals surface area (Å²) < 4.78 is 41.7. The van der Waals surface area contributed by atoms with E-state index < -0.39 is 34.3 Å². The maximum absolute atomic E-state index is 14.9. The molecule has 2 aliphatic rings. The van der Waals surface area contributed by atoms with Gasteiger partial charge in [-0.3, -0.25) is 19.1 Å². The standard InChI is InChI=1S/C29H26F2N2O5/c1-29(2,3)38-28(36)32-13-16-10-18-22(11-17(16)14-32)37-23-12-21(15-6-4-7-15)33(27(35)24(23)26(18)34)20-9-5-8-19(30)25(20)31/h5,8-12,15H,4,6-7,13-14H2,1-3H3. The second kappa shape index (κ2) is 8.51. The fourth-order valence-electron chi connectivity index (χ4n) is 5.21. The molecular weight excluding hydrogens is 494 g/mol. The van der Waals surface area contributed by atoms with Gasteiger partial charge in [0.1, 0.15) is 22.2 Å². The van der Waals surface area contributed by atoms with Gasteiger partial charge in [0.15, 0.2) is 11.6 Å². The lowest BCUT2D eigenvalue weighted by Crippen LogP contribution is -2.33. The molecule has 0 N–H and O–H groups in total. The lowest BCUT2D eigenvalue weighted by molar-refractivity contribution is 0.0242. The van der Waals surface area contributed by atoms with Crippen molar-refractivity contribution >= 4 is 28.0 Å². The van der Waals surface area contributed by atoms with Crippen molar-refractivity contribution in [3.05, 3.63) is 85.4 Å². The highest BCUT2D eigenvalue weighted by atomic mass is 19.2. The summed E-state index contributed by atoms with van der Waals surface area (Å²) in [7, 11) is 0. The molecule has 0 saturated heterocycles. The second-order valence-corrected chi connectivity index (χ2v) is 11.0. The van der Waals surface area contributed by atoms with Crippen molar-refractivity contribution < 1.29 is 22.7 Å². The molecule has 1 aliphatic heterocycles. The van der Waals surface area contributed by atoms with Gasteiger partial charge in [0.25, 0.3) is 5.56 Å². The van der Waals surface area contributed by atoms with Crippen molar-refractivity contribution in [1.29, 1.82) is 0 Å². The minimum atomic E-state index is -1.15. The number of benzene rings is 2. The van der Waals surface area contributed by atoms with E-state index in [0.29, 0.717) is 17.8 Å². The number of pyridine rings is 1. The van der Waals surface area contributed by atoms with Crippen LogP contribution in [0.1, 0.15) is 62.8 Å². The van der Waals surface area contributed by atoms with Gasteiger partial charge in [0.2, 0.25) is 5.43 Å². The summed E-state index contributed by atoms with van der Waals surface area (Å²) in [5.74, 6) is -2.28. The maximum atomic E-state index is 14.9. The van der Waals surface area contributed by atoms with Crippen LogP contribution in [0.2, 0.25) is 0 Å². The number of fused-ring (bicyclic) bond motifs is 3. The van der Waals surface area contributed by atoms with Gasteiger partial charge >= 0.3 is 6.09 Å². The number of aromatic nitrogens is 1. The zero-order valence-corrected chi connectivity index (χ0v) is 21.3. The lowest BCUT2D eigenvalue weighted by Gasteiger charge is -2.28. The number of hydrogen-bond donors (Lipinski definition) is 0. The van der Waals surface area contributed by atoms with Gasteiger partial charge in [-0.05, 0) is 74.9 Å². The normalized spacial score (nSPS) is 15.7. The zero-order valence-electron chi connectivity index (χ0n) is 21.3. The molecule has 9 heteroatoms. The Kier molecular flexibility index (Phi) is 5.45. The lowest BCUT2D eigenvalue weighted by atomic mass is 9.82. The Labute approximate surface area is 216 Å². The summed E-state index contributed by atoms with van der Waals surface area (Å²) >= 11 is 0. The van der Waals surface area contributed by atoms with Gasteiger partial charge < -0.3 is 9.15 Å². The average Bonchev–Trinajstić information content (AvgIpc) is 3.21.